The molecule has 0 saturated heterocycles. The molecule has 0 N–H and O–H groups in total. The first-order valence-electron chi connectivity index (χ1n) is 2.91. The smallest absolute Gasteiger partial charge is 0.376 e. The number of rotatable bonds is 2. The van der Waals surface area contributed by atoms with Crippen molar-refractivity contribution in [1.29, 1.82) is 0 Å². The standard InChI is InChI=1S/C5H7ClO3S/c6-10(7,8)9-5-3-1-2-4-5/h3H,1-2,4H2. The lowest BCUT2D eigenvalue weighted by molar-refractivity contribution is 0.410. The van der Waals surface area contributed by atoms with Crippen LogP contribution in [0.1, 0.15) is 19.3 Å². The van der Waals surface area contributed by atoms with Gasteiger partial charge in [0.25, 0.3) is 0 Å². The van der Waals surface area contributed by atoms with E-state index in [-0.39, 0.29) is 0 Å². The van der Waals surface area contributed by atoms with Crippen LogP contribution in [-0.4, -0.2) is 8.42 Å². The summed E-state index contributed by atoms with van der Waals surface area (Å²) in [5.41, 5.74) is 0. The molecule has 0 fully saturated rings. The maximum Gasteiger partial charge on any atom is 0.400 e. The first kappa shape index (κ1) is 7.88. The summed E-state index contributed by atoms with van der Waals surface area (Å²) in [6, 6.07) is 0. The van der Waals surface area contributed by atoms with Gasteiger partial charge in [0, 0.05) is 6.42 Å². The quantitative estimate of drug-likeness (QED) is 0.609. The van der Waals surface area contributed by atoms with Crippen LogP contribution in [0.5, 0.6) is 0 Å². The van der Waals surface area contributed by atoms with Crippen LogP contribution >= 0.6 is 10.7 Å². The third-order valence-corrected chi connectivity index (χ3v) is 1.81. The van der Waals surface area contributed by atoms with Gasteiger partial charge in [-0.25, -0.2) is 0 Å². The Bertz CT molecular complexity index is 242. The van der Waals surface area contributed by atoms with Gasteiger partial charge in [0.2, 0.25) is 0 Å². The molecule has 3 nitrogen and oxygen atoms in total. The van der Waals surface area contributed by atoms with Crippen molar-refractivity contribution in [1.82, 2.24) is 0 Å². The normalized spacial score (nSPS) is 18.7. The van der Waals surface area contributed by atoms with Gasteiger partial charge in [0.1, 0.15) is 5.76 Å². The molecule has 1 rings (SSSR count). The Morgan fingerprint density at radius 1 is 1.60 bits per heavy atom. The van der Waals surface area contributed by atoms with E-state index in [9.17, 15) is 8.42 Å². The Labute approximate surface area is 64.3 Å². The summed E-state index contributed by atoms with van der Waals surface area (Å²) in [5, 5.41) is 0. The monoisotopic (exact) mass is 182 g/mol. The second kappa shape index (κ2) is 2.80. The summed E-state index contributed by atoms with van der Waals surface area (Å²) in [4.78, 5) is 0. The SMILES string of the molecule is O=S(=O)(Cl)OC1=CCCC1. The zero-order valence-corrected chi connectivity index (χ0v) is 6.78. The highest BCUT2D eigenvalue weighted by molar-refractivity contribution is 8.10. The zero-order chi connectivity index (χ0) is 7.61. The predicted octanol–water partition coefficient (Wildman–Crippen LogP) is 1.55. The van der Waals surface area contributed by atoms with Gasteiger partial charge in [-0.3, -0.25) is 0 Å². The topological polar surface area (TPSA) is 43.4 Å². The van der Waals surface area contributed by atoms with Crippen molar-refractivity contribution in [2.24, 2.45) is 0 Å². The van der Waals surface area contributed by atoms with Gasteiger partial charge >= 0.3 is 9.33 Å². The Balaban J connectivity index is 2.54. The first-order chi connectivity index (χ1) is 4.58. The molecule has 0 spiro atoms. The molecule has 0 aromatic carbocycles. The number of halogens is 1. The number of hydrogen-bond acceptors (Lipinski definition) is 3. The van der Waals surface area contributed by atoms with Crippen LogP contribution in [0, 0.1) is 0 Å². The fourth-order valence-electron chi connectivity index (χ4n) is 0.845. The molecule has 0 unspecified atom stereocenters. The molecule has 58 valence electrons. The molecular weight excluding hydrogens is 176 g/mol. The van der Waals surface area contributed by atoms with Crippen molar-refractivity contribution < 1.29 is 12.6 Å². The third-order valence-electron chi connectivity index (χ3n) is 1.21. The Kier molecular flexibility index (Phi) is 2.21. The molecule has 10 heavy (non-hydrogen) atoms. The second-order valence-corrected chi connectivity index (χ2v) is 4.13. The molecule has 0 radical (unpaired) electrons. The van der Waals surface area contributed by atoms with Gasteiger partial charge in [0.05, 0.1) is 10.7 Å². The highest BCUT2D eigenvalue weighted by Crippen LogP contribution is 2.21. The van der Waals surface area contributed by atoms with Gasteiger partial charge < -0.3 is 4.18 Å². The van der Waals surface area contributed by atoms with E-state index in [1.54, 1.807) is 6.08 Å². The van der Waals surface area contributed by atoms with Crippen LogP contribution in [0.3, 0.4) is 0 Å². The van der Waals surface area contributed by atoms with Gasteiger partial charge in [-0.1, -0.05) is 0 Å². The van der Waals surface area contributed by atoms with E-state index in [0.29, 0.717) is 12.2 Å². The molecule has 1 aliphatic rings. The molecule has 0 atom stereocenters. The summed E-state index contributed by atoms with van der Waals surface area (Å²) < 4.78 is 25.0. The van der Waals surface area contributed by atoms with E-state index in [0.717, 1.165) is 12.8 Å². The maximum absolute atomic E-state index is 10.3. The van der Waals surface area contributed by atoms with Gasteiger partial charge in [-0.15, -0.1) is 0 Å². The van der Waals surface area contributed by atoms with E-state index in [2.05, 4.69) is 4.18 Å². The fraction of sp³-hybridized carbons (Fsp3) is 0.600. The largest absolute Gasteiger partial charge is 0.400 e. The zero-order valence-electron chi connectivity index (χ0n) is 5.21. The van der Waals surface area contributed by atoms with Crippen molar-refractivity contribution in [2.75, 3.05) is 0 Å². The summed E-state index contributed by atoms with van der Waals surface area (Å²) >= 11 is 0. The number of hydrogen-bond donors (Lipinski definition) is 0. The first-order valence-corrected chi connectivity index (χ1v) is 5.14. The molecule has 5 heteroatoms. The summed E-state index contributed by atoms with van der Waals surface area (Å²) in [6.45, 7) is 0. The maximum atomic E-state index is 10.3. The Morgan fingerprint density at radius 2 is 2.30 bits per heavy atom. The highest BCUT2D eigenvalue weighted by Gasteiger charge is 2.12. The average molecular weight is 183 g/mol. The highest BCUT2D eigenvalue weighted by atomic mass is 35.7. The summed E-state index contributed by atoms with van der Waals surface area (Å²) in [6.07, 6.45) is 4.23. The van der Waals surface area contributed by atoms with Crippen molar-refractivity contribution in [2.45, 2.75) is 19.3 Å². The van der Waals surface area contributed by atoms with Crippen LogP contribution in [0.25, 0.3) is 0 Å². The van der Waals surface area contributed by atoms with E-state index in [1.807, 2.05) is 0 Å². The average Bonchev–Trinajstić information content (AvgIpc) is 2.12. The lowest BCUT2D eigenvalue weighted by Crippen LogP contribution is -1.94. The van der Waals surface area contributed by atoms with Crippen molar-refractivity contribution >= 4 is 20.0 Å². The number of allylic oxidation sites excluding steroid dienone is 2. The van der Waals surface area contributed by atoms with E-state index in [4.69, 9.17) is 10.7 Å². The Hall–Kier alpha value is -0.220. The van der Waals surface area contributed by atoms with E-state index in [1.165, 1.54) is 0 Å². The van der Waals surface area contributed by atoms with Crippen LogP contribution in [0.2, 0.25) is 0 Å². The molecular formula is C5H7ClO3S. The summed E-state index contributed by atoms with van der Waals surface area (Å²) in [5.74, 6) is 0.468. The second-order valence-electron chi connectivity index (χ2n) is 2.04. The van der Waals surface area contributed by atoms with Gasteiger partial charge in [-0.05, 0) is 18.9 Å². The Morgan fingerprint density at radius 3 is 2.70 bits per heavy atom. The van der Waals surface area contributed by atoms with Gasteiger partial charge in [0.15, 0.2) is 0 Å². The third kappa shape index (κ3) is 2.58. The molecule has 0 bridgehead atoms. The molecule has 1 aliphatic carbocycles. The molecule has 0 aromatic rings. The molecule has 0 heterocycles. The van der Waals surface area contributed by atoms with Crippen molar-refractivity contribution in [3.05, 3.63) is 11.8 Å². The minimum Gasteiger partial charge on any atom is -0.376 e. The lowest BCUT2D eigenvalue weighted by atomic mass is 10.4. The van der Waals surface area contributed by atoms with Crippen LogP contribution in [-0.2, 0) is 13.5 Å². The minimum atomic E-state index is -3.80. The predicted molar refractivity (Wildman–Crippen MR) is 37.8 cm³/mol. The van der Waals surface area contributed by atoms with Crippen molar-refractivity contribution in [3.8, 4) is 0 Å². The molecule has 0 aliphatic heterocycles. The van der Waals surface area contributed by atoms with E-state index < -0.39 is 9.33 Å². The van der Waals surface area contributed by atoms with Crippen LogP contribution in [0.4, 0.5) is 0 Å². The van der Waals surface area contributed by atoms with E-state index >= 15 is 0 Å². The fourth-order valence-corrected chi connectivity index (χ4v) is 1.49. The lowest BCUT2D eigenvalue weighted by Gasteiger charge is -1.98. The van der Waals surface area contributed by atoms with Crippen molar-refractivity contribution in [3.63, 3.8) is 0 Å². The van der Waals surface area contributed by atoms with Crippen LogP contribution in [0.15, 0.2) is 11.8 Å². The van der Waals surface area contributed by atoms with Crippen LogP contribution < -0.4 is 0 Å². The molecule has 0 amide bonds. The van der Waals surface area contributed by atoms with Gasteiger partial charge in [-0.2, -0.15) is 8.42 Å². The summed E-state index contributed by atoms with van der Waals surface area (Å²) in [7, 11) is 1.02. The molecule has 0 aromatic heterocycles. The minimum absolute atomic E-state index is 0.468. The molecule has 0 saturated carbocycles.